The normalized spacial score (nSPS) is 19.0. The van der Waals surface area contributed by atoms with Crippen molar-refractivity contribution in [3.05, 3.63) is 59.7 Å². The van der Waals surface area contributed by atoms with Gasteiger partial charge >= 0.3 is 12.1 Å². The molecule has 1 aliphatic heterocycles. The van der Waals surface area contributed by atoms with E-state index < -0.39 is 23.6 Å². The Balaban J connectivity index is 1.47. The number of likely N-dealkylation sites (tertiary alicyclic amines) is 1. The van der Waals surface area contributed by atoms with Gasteiger partial charge in [-0.25, -0.2) is 9.59 Å². The first-order valence-electron chi connectivity index (χ1n) is 12.0. The van der Waals surface area contributed by atoms with Crippen LogP contribution in [0.2, 0.25) is 0 Å². The Morgan fingerprint density at radius 3 is 2.26 bits per heavy atom. The molecule has 7 nitrogen and oxygen atoms in total. The summed E-state index contributed by atoms with van der Waals surface area (Å²) in [4.78, 5) is 39.5. The number of carboxylic acid groups (broad SMARTS) is 1. The maximum atomic E-state index is 13.4. The van der Waals surface area contributed by atoms with Gasteiger partial charge < -0.3 is 20.1 Å². The van der Waals surface area contributed by atoms with Crippen LogP contribution in [0, 0.1) is 0 Å². The summed E-state index contributed by atoms with van der Waals surface area (Å²) in [5, 5.41) is 12.4. The van der Waals surface area contributed by atoms with Gasteiger partial charge in [0.2, 0.25) is 5.91 Å². The molecule has 0 radical (unpaired) electrons. The van der Waals surface area contributed by atoms with Crippen molar-refractivity contribution in [2.24, 2.45) is 0 Å². The molecule has 0 saturated carbocycles. The molecular weight excluding hydrogens is 432 g/mol. The number of nitrogens with one attached hydrogen (secondary N) is 1. The predicted octanol–water partition coefficient (Wildman–Crippen LogP) is 4.55. The molecule has 2 atom stereocenters. The number of carbonyl (C=O) groups excluding carboxylic acids is 2. The third-order valence-electron chi connectivity index (χ3n) is 6.99. The van der Waals surface area contributed by atoms with Crippen molar-refractivity contribution in [3.8, 4) is 11.1 Å². The van der Waals surface area contributed by atoms with Crippen LogP contribution in [0.3, 0.4) is 0 Å². The van der Waals surface area contributed by atoms with E-state index >= 15 is 0 Å². The monoisotopic (exact) mass is 464 g/mol. The first-order chi connectivity index (χ1) is 16.4. The predicted molar refractivity (Wildman–Crippen MR) is 129 cm³/mol. The zero-order valence-corrected chi connectivity index (χ0v) is 19.8. The molecular formula is C27H32N2O5. The first kappa shape index (κ1) is 23.8. The van der Waals surface area contributed by atoms with E-state index in [1.54, 1.807) is 6.92 Å². The Bertz CT molecular complexity index is 1040. The molecule has 2 aromatic rings. The van der Waals surface area contributed by atoms with Crippen molar-refractivity contribution in [2.45, 2.75) is 63.5 Å². The lowest BCUT2D eigenvalue weighted by molar-refractivity contribution is -0.155. The van der Waals surface area contributed by atoms with Crippen molar-refractivity contribution < 1.29 is 24.2 Å². The lowest BCUT2D eigenvalue weighted by Gasteiger charge is -2.39. The standard InChI is InChI=1S/C27H32N2O5/c1-3-15-27(2,25(32)29-16-9-8-14-23(29)24(30)31)28-26(33)34-17-22-20-12-6-4-10-18(20)19-11-5-7-13-21(19)22/h4-7,10-13,22-23H,3,8-9,14-17H2,1-2H3,(H,28,33)(H,30,31)/t23-,27?/m1/s1. The lowest BCUT2D eigenvalue weighted by atomic mass is 9.91. The summed E-state index contributed by atoms with van der Waals surface area (Å²) in [6.07, 6.45) is 2.31. The van der Waals surface area contributed by atoms with E-state index in [0.29, 0.717) is 25.8 Å². The number of carbonyl (C=O) groups is 3. The number of nitrogens with zero attached hydrogens (tertiary/aromatic N) is 1. The second kappa shape index (κ2) is 9.87. The minimum atomic E-state index is -1.23. The molecule has 1 fully saturated rings. The summed E-state index contributed by atoms with van der Waals surface area (Å²) >= 11 is 0. The summed E-state index contributed by atoms with van der Waals surface area (Å²) in [6, 6.07) is 15.3. The summed E-state index contributed by atoms with van der Waals surface area (Å²) in [6.45, 7) is 4.11. The Hall–Kier alpha value is -3.35. The van der Waals surface area contributed by atoms with E-state index in [1.165, 1.54) is 4.90 Å². The molecule has 2 amide bonds. The van der Waals surface area contributed by atoms with Crippen molar-refractivity contribution in [1.82, 2.24) is 10.2 Å². The molecule has 7 heteroatoms. The van der Waals surface area contributed by atoms with Gasteiger partial charge in [0.05, 0.1) is 0 Å². The van der Waals surface area contributed by atoms with Crippen molar-refractivity contribution >= 4 is 18.0 Å². The van der Waals surface area contributed by atoms with Gasteiger partial charge in [-0.1, -0.05) is 61.9 Å². The smallest absolute Gasteiger partial charge is 0.408 e. The molecule has 180 valence electrons. The quantitative estimate of drug-likeness (QED) is 0.627. The van der Waals surface area contributed by atoms with Crippen LogP contribution >= 0.6 is 0 Å². The number of piperidine rings is 1. The van der Waals surface area contributed by atoms with Crippen LogP contribution in [0.15, 0.2) is 48.5 Å². The van der Waals surface area contributed by atoms with Gasteiger partial charge in [-0.05, 0) is 54.9 Å². The van der Waals surface area contributed by atoms with Crippen LogP contribution in [0.1, 0.15) is 63.0 Å². The van der Waals surface area contributed by atoms with E-state index in [1.807, 2.05) is 43.3 Å². The van der Waals surface area contributed by atoms with E-state index in [9.17, 15) is 19.5 Å². The van der Waals surface area contributed by atoms with Crippen molar-refractivity contribution in [2.75, 3.05) is 13.2 Å². The number of hydrogen-bond acceptors (Lipinski definition) is 4. The van der Waals surface area contributed by atoms with Crippen LogP contribution in [-0.2, 0) is 14.3 Å². The summed E-state index contributed by atoms with van der Waals surface area (Å²) in [7, 11) is 0. The highest BCUT2D eigenvalue weighted by Gasteiger charge is 2.43. The second-order valence-corrected chi connectivity index (χ2v) is 9.38. The van der Waals surface area contributed by atoms with Crippen molar-refractivity contribution in [1.29, 1.82) is 0 Å². The molecule has 0 spiro atoms. The van der Waals surface area contributed by atoms with E-state index in [0.717, 1.165) is 35.1 Å². The van der Waals surface area contributed by atoms with Gasteiger partial charge in [0.15, 0.2) is 0 Å². The van der Waals surface area contributed by atoms with E-state index in [2.05, 4.69) is 17.4 Å². The van der Waals surface area contributed by atoms with Crippen LogP contribution in [0.4, 0.5) is 4.79 Å². The molecule has 2 aliphatic rings. The molecule has 2 aromatic carbocycles. The number of aliphatic carboxylic acids is 1. The zero-order valence-electron chi connectivity index (χ0n) is 19.8. The van der Waals surface area contributed by atoms with Gasteiger partial charge in [-0.2, -0.15) is 0 Å². The highest BCUT2D eigenvalue weighted by Crippen LogP contribution is 2.44. The molecule has 34 heavy (non-hydrogen) atoms. The van der Waals surface area contributed by atoms with Crippen molar-refractivity contribution in [3.63, 3.8) is 0 Å². The van der Waals surface area contributed by atoms with Crippen LogP contribution in [-0.4, -0.2) is 52.7 Å². The molecule has 0 aromatic heterocycles. The first-order valence-corrected chi connectivity index (χ1v) is 12.0. The highest BCUT2D eigenvalue weighted by molar-refractivity contribution is 5.92. The van der Waals surface area contributed by atoms with Crippen LogP contribution in [0.25, 0.3) is 11.1 Å². The fraction of sp³-hybridized carbons (Fsp3) is 0.444. The molecule has 1 saturated heterocycles. The summed E-state index contributed by atoms with van der Waals surface area (Å²) in [5.74, 6) is -1.45. The molecule has 1 aliphatic carbocycles. The average molecular weight is 465 g/mol. The molecule has 2 N–H and O–H groups in total. The van der Waals surface area contributed by atoms with Gasteiger partial charge in [0.25, 0.3) is 0 Å². The Morgan fingerprint density at radius 2 is 1.68 bits per heavy atom. The Labute approximate surface area is 200 Å². The maximum absolute atomic E-state index is 13.4. The average Bonchev–Trinajstić information content (AvgIpc) is 3.16. The number of hydrogen-bond donors (Lipinski definition) is 2. The highest BCUT2D eigenvalue weighted by atomic mass is 16.5. The number of fused-ring (bicyclic) bond motifs is 3. The van der Waals surface area contributed by atoms with Crippen LogP contribution < -0.4 is 5.32 Å². The maximum Gasteiger partial charge on any atom is 0.408 e. The number of amides is 2. The third-order valence-corrected chi connectivity index (χ3v) is 6.99. The fourth-order valence-corrected chi connectivity index (χ4v) is 5.33. The second-order valence-electron chi connectivity index (χ2n) is 9.38. The van der Waals surface area contributed by atoms with E-state index in [-0.39, 0.29) is 18.4 Å². The molecule has 1 unspecified atom stereocenters. The third kappa shape index (κ3) is 4.52. The SMILES string of the molecule is CCCC(C)(NC(=O)OCC1c2ccccc2-c2ccccc21)C(=O)N1CCCC[C@@H]1C(=O)O. The summed E-state index contributed by atoms with van der Waals surface area (Å²) in [5.41, 5.74) is 3.27. The summed E-state index contributed by atoms with van der Waals surface area (Å²) < 4.78 is 5.66. The topological polar surface area (TPSA) is 95.9 Å². The number of alkyl carbamates (subject to hydrolysis) is 1. The lowest BCUT2D eigenvalue weighted by Crippen LogP contribution is -2.61. The minimum Gasteiger partial charge on any atom is -0.480 e. The molecule has 4 rings (SSSR count). The Morgan fingerprint density at radius 1 is 1.06 bits per heavy atom. The number of rotatable bonds is 7. The van der Waals surface area contributed by atoms with Gasteiger partial charge in [-0.3, -0.25) is 4.79 Å². The van der Waals surface area contributed by atoms with Gasteiger partial charge in [-0.15, -0.1) is 0 Å². The largest absolute Gasteiger partial charge is 0.480 e. The number of benzene rings is 2. The van der Waals surface area contributed by atoms with Crippen LogP contribution in [0.5, 0.6) is 0 Å². The minimum absolute atomic E-state index is 0.0789. The van der Waals surface area contributed by atoms with Gasteiger partial charge in [0.1, 0.15) is 18.2 Å². The zero-order chi connectivity index (χ0) is 24.3. The molecule has 1 heterocycles. The number of ether oxygens (including phenoxy) is 1. The Kier molecular flexibility index (Phi) is 6.91. The molecule has 0 bridgehead atoms. The fourth-order valence-electron chi connectivity index (χ4n) is 5.33. The van der Waals surface area contributed by atoms with E-state index in [4.69, 9.17) is 4.74 Å². The van der Waals surface area contributed by atoms with Gasteiger partial charge in [0, 0.05) is 12.5 Å². The number of carboxylic acids is 1.